The molecule has 1 unspecified atom stereocenters. The van der Waals surface area contributed by atoms with Gasteiger partial charge in [-0.25, -0.2) is 0 Å². The van der Waals surface area contributed by atoms with Crippen molar-refractivity contribution in [2.24, 2.45) is 0 Å². The number of ether oxygens (including phenoxy) is 1. The molecule has 0 saturated carbocycles. The van der Waals surface area contributed by atoms with Crippen LogP contribution in [0.1, 0.15) is 37.4 Å². The molecular weight excluding hydrogens is 344 g/mol. The fraction of sp³-hybridized carbons (Fsp3) is 0.286. The van der Waals surface area contributed by atoms with E-state index in [0.29, 0.717) is 30.9 Å². The number of pyridine rings is 1. The average molecular weight is 366 g/mol. The maximum absolute atomic E-state index is 12.7. The van der Waals surface area contributed by atoms with Crippen molar-refractivity contribution in [2.75, 3.05) is 13.2 Å². The molecule has 6 heteroatoms. The third-order valence-corrected chi connectivity index (χ3v) is 4.44. The summed E-state index contributed by atoms with van der Waals surface area (Å²) in [5.74, 6) is -0.814. The van der Waals surface area contributed by atoms with Crippen LogP contribution in [-0.2, 0) is 9.59 Å². The zero-order valence-electron chi connectivity index (χ0n) is 15.4. The first-order chi connectivity index (χ1) is 13.1. The molecule has 27 heavy (non-hydrogen) atoms. The lowest BCUT2D eigenvalue weighted by Crippen LogP contribution is -2.30. The number of Topliss-reactive ketones (excluding diaryl/α,β-unsaturated/α-hetero) is 1. The minimum absolute atomic E-state index is 0.0910. The second-order valence-electron chi connectivity index (χ2n) is 6.23. The standard InChI is InChI=1S/C21H22N2O4/c1-3-12-23-18(15-6-5-7-16(13-15)27-4-2)17(20(25)21(23)26)19(24)14-8-10-22-11-9-14/h5-11,13,18,24H,3-4,12H2,1-2H3/b19-17-. The first-order valence-corrected chi connectivity index (χ1v) is 9.00. The summed E-state index contributed by atoms with van der Waals surface area (Å²) >= 11 is 0. The van der Waals surface area contributed by atoms with Crippen LogP contribution in [0.15, 0.2) is 54.4 Å². The Labute approximate surface area is 158 Å². The van der Waals surface area contributed by atoms with E-state index >= 15 is 0 Å². The molecule has 0 radical (unpaired) electrons. The summed E-state index contributed by atoms with van der Waals surface area (Å²) < 4.78 is 5.56. The van der Waals surface area contributed by atoms with E-state index in [1.54, 1.807) is 12.1 Å². The number of carbonyl (C=O) groups excluding carboxylic acids is 2. The molecule has 140 valence electrons. The number of aromatic nitrogens is 1. The zero-order chi connectivity index (χ0) is 19.4. The smallest absolute Gasteiger partial charge is 0.295 e. The molecule has 2 heterocycles. The van der Waals surface area contributed by atoms with Gasteiger partial charge in [-0.15, -0.1) is 0 Å². The predicted molar refractivity (Wildman–Crippen MR) is 101 cm³/mol. The van der Waals surface area contributed by atoms with Crippen molar-refractivity contribution in [3.05, 3.63) is 65.5 Å². The highest BCUT2D eigenvalue weighted by Gasteiger charge is 2.45. The van der Waals surface area contributed by atoms with E-state index < -0.39 is 17.7 Å². The quantitative estimate of drug-likeness (QED) is 0.482. The number of hydrogen-bond donors (Lipinski definition) is 1. The van der Waals surface area contributed by atoms with Crippen LogP contribution in [0.4, 0.5) is 0 Å². The molecule has 2 aromatic rings. The van der Waals surface area contributed by atoms with E-state index in [9.17, 15) is 14.7 Å². The Hall–Kier alpha value is -3.15. The molecule has 0 aliphatic carbocycles. The molecule has 6 nitrogen and oxygen atoms in total. The molecule has 1 atom stereocenters. The Bertz CT molecular complexity index is 877. The highest BCUT2D eigenvalue weighted by Crippen LogP contribution is 2.40. The van der Waals surface area contributed by atoms with Crippen LogP contribution in [0.3, 0.4) is 0 Å². The molecule has 3 rings (SSSR count). The molecule has 1 aromatic carbocycles. The fourth-order valence-electron chi connectivity index (χ4n) is 3.30. The minimum Gasteiger partial charge on any atom is -0.507 e. The SMILES string of the molecule is CCCN1C(=O)C(=O)/C(=C(\O)c2ccncc2)C1c1cccc(OCC)c1. The van der Waals surface area contributed by atoms with Crippen LogP contribution in [-0.4, -0.2) is 39.8 Å². The molecule has 1 saturated heterocycles. The number of likely N-dealkylation sites (tertiary alicyclic amines) is 1. The maximum atomic E-state index is 12.7. The lowest BCUT2D eigenvalue weighted by Gasteiger charge is -2.25. The van der Waals surface area contributed by atoms with E-state index in [2.05, 4.69) is 4.98 Å². The van der Waals surface area contributed by atoms with Gasteiger partial charge in [-0.3, -0.25) is 14.6 Å². The van der Waals surface area contributed by atoms with E-state index in [1.807, 2.05) is 38.1 Å². The van der Waals surface area contributed by atoms with Gasteiger partial charge in [0.2, 0.25) is 0 Å². The van der Waals surface area contributed by atoms with Gasteiger partial charge in [0.15, 0.2) is 0 Å². The van der Waals surface area contributed by atoms with Crippen LogP contribution in [0.25, 0.3) is 5.76 Å². The third kappa shape index (κ3) is 3.56. The van der Waals surface area contributed by atoms with Crippen LogP contribution >= 0.6 is 0 Å². The van der Waals surface area contributed by atoms with Gasteiger partial charge in [-0.2, -0.15) is 0 Å². The van der Waals surface area contributed by atoms with Crippen molar-refractivity contribution < 1.29 is 19.4 Å². The lowest BCUT2D eigenvalue weighted by molar-refractivity contribution is -0.139. The summed E-state index contributed by atoms with van der Waals surface area (Å²) in [5, 5.41) is 10.8. The van der Waals surface area contributed by atoms with Crippen LogP contribution in [0.2, 0.25) is 0 Å². The molecule has 0 spiro atoms. The first kappa shape index (κ1) is 18.6. The van der Waals surface area contributed by atoms with E-state index in [1.165, 1.54) is 17.3 Å². The number of benzene rings is 1. The molecule has 0 bridgehead atoms. The number of ketones is 1. The Balaban J connectivity index is 2.16. The number of aliphatic hydroxyl groups is 1. The second kappa shape index (κ2) is 8.03. The summed E-state index contributed by atoms with van der Waals surface area (Å²) in [6.45, 7) is 4.76. The Morgan fingerprint density at radius 2 is 1.93 bits per heavy atom. The molecule has 1 aliphatic heterocycles. The zero-order valence-corrected chi connectivity index (χ0v) is 15.4. The van der Waals surface area contributed by atoms with E-state index in [4.69, 9.17) is 4.74 Å². The molecule has 1 amide bonds. The first-order valence-electron chi connectivity index (χ1n) is 9.00. The van der Waals surface area contributed by atoms with Gasteiger partial charge >= 0.3 is 0 Å². The predicted octanol–water partition coefficient (Wildman–Crippen LogP) is 3.31. The highest BCUT2D eigenvalue weighted by atomic mass is 16.5. The van der Waals surface area contributed by atoms with Crippen LogP contribution in [0, 0.1) is 0 Å². The monoisotopic (exact) mass is 366 g/mol. The fourth-order valence-corrected chi connectivity index (χ4v) is 3.30. The van der Waals surface area contributed by atoms with Gasteiger partial charge in [0.05, 0.1) is 18.2 Å². The molecule has 1 aliphatic rings. The maximum Gasteiger partial charge on any atom is 0.295 e. The van der Waals surface area contributed by atoms with Gasteiger partial charge in [0.1, 0.15) is 11.5 Å². The Morgan fingerprint density at radius 1 is 1.19 bits per heavy atom. The van der Waals surface area contributed by atoms with Gasteiger partial charge in [0, 0.05) is 24.5 Å². The average Bonchev–Trinajstić information content (AvgIpc) is 2.94. The van der Waals surface area contributed by atoms with Crippen LogP contribution in [0.5, 0.6) is 5.75 Å². The highest BCUT2D eigenvalue weighted by molar-refractivity contribution is 6.46. The second-order valence-corrected chi connectivity index (χ2v) is 6.23. The molecule has 1 N–H and O–H groups in total. The number of amides is 1. The normalized spacial score (nSPS) is 18.7. The molecular formula is C21H22N2O4. The van der Waals surface area contributed by atoms with Crippen molar-refractivity contribution in [3.8, 4) is 5.75 Å². The molecule has 1 fully saturated rings. The molecule has 1 aromatic heterocycles. The Kier molecular flexibility index (Phi) is 5.54. The van der Waals surface area contributed by atoms with E-state index in [0.717, 1.165) is 5.56 Å². The summed E-state index contributed by atoms with van der Waals surface area (Å²) in [6, 6.07) is 9.84. The van der Waals surface area contributed by atoms with Crippen molar-refractivity contribution in [1.29, 1.82) is 0 Å². The summed E-state index contributed by atoms with van der Waals surface area (Å²) in [4.78, 5) is 30.8. The summed E-state index contributed by atoms with van der Waals surface area (Å²) in [5.41, 5.74) is 1.27. The summed E-state index contributed by atoms with van der Waals surface area (Å²) in [7, 11) is 0. The van der Waals surface area contributed by atoms with Crippen LogP contribution < -0.4 is 4.74 Å². The number of carbonyl (C=O) groups is 2. The van der Waals surface area contributed by atoms with E-state index in [-0.39, 0.29) is 11.3 Å². The van der Waals surface area contributed by atoms with Gasteiger partial charge in [-0.1, -0.05) is 19.1 Å². The largest absolute Gasteiger partial charge is 0.507 e. The van der Waals surface area contributed by atoms with Crippen molar-refractivity contribution in [3.63, 3.8) is 0 Å². The summed E-state index contributed by atoms with van der Waals surface area (Å²) in [6.07, 6.45) is 3.76. The van der Waals surface area contributed by atoms with Crippen molar-refractivity contribution in [1.82, 2.24) is 9.88 Å². The third-order valence-electron chi connectivity index (χ3n) is 4.44. The Morgan fingerprint density at radius 3 is 2.59 bits per heavy atom. The van der Waals surface area contributed by atoms with Gasteiger partial charge in [-0.05, 0) is 43.2 Å². The lowest BCUT2D eigenvalue weighted by atomic mass is 9.95. The van der Waals surface area contributed by atoms with Crippen molar-refractivity contribution >= 4 is 17.4 Å². The number of rotatable bonds is 6. The minimum atomic E-state index is -0.676. The number of nitrogens with zero attached hydrogens (tertiary/aromatic N) is 2. The number of aliphatic hydroxyl groups excluding tert-OH is 1. The topological polar surface area (TPSA) is 79.7 Å². The number of hydrogen-bond acceptors (Lipinski definition) is 5. The van der Waals surface area contributed by atoms with Crippen molar-refractivity contribution in [2.45, 2.75) is 26.3 Å². The van der Waals surface area contributed by atoms with Gasteiger partial charge in [0.25, 0.3) is 11.7 Å². The van der Waals surface area contributed by atoms with Gasteiger partial charge < -0.3 is 14.7 Å².